The first-order chi connectivity index (χ1) is 14.6. The Hall–Kier alpha value is -1.96. The van der Waals surface area contributed by atoms with Gasteiger partial charge in [0, 0.05) is 15.6 Å². The van der Waals surface area contributed by atoms with E-state index in [9.17, 15) is 23.1 Å². The predicted molar refractivity (Wildman–Crippen MR) is 113 cm³/mol. The minimum Gasteiger partial charge on any atom is -0.494 e. The number of likely N-dealkylation sites (tertiary alicyclic amines) is 1. The van der Waals surface area contributed by atoms with Crippen LogP contribution >= 0.6 is 23.2 Å². The smallest absolute Gasteiger partial charge is 0.416 e. The first-order valence-electron chi connectivity index (χ1n) is 9.87. The third-order valence-corrected chi connectivity index (χ3v) is 6.01. The van der Waals surface area contributed by atoms with E-state index in [1.807, 2.05) is 11.8 Å². The number of benzene rings is 2. The van der Waals surface area contributed by atoms with E-state index >= 15 is 0 Å². The molecule has 1 fully saturated rings. The molecule has 1 heterocycles. The lowest BCUT2D eigenvalue weighted by Gasteiger charge is -2.38. The molecular weight excluding hydrogens is 454 g/mol. The second kappa shape index (κ2) is 9.67. The Morgan fingerprint density at radius 2 is 1.84 bits per heavy atom. The number of carboxylic acid groups (broad SMARTS) is 1. The Morgan fingerprint density at radius 1 is 1.16 bits per heavy atom. The fraction of sp³-hybridized carbons (Fsp3) is 0.409. The van der Waals surface area contributed by atoms with Crippen LogP contribution in [0.4, 0.5) is 13.2 Å². The van der Waals surface area contributed by atoms with E-state index in [0.717, 1.165) is 12.1 Å². The molecular formula is C22H22Cl2F3NO3. The summed E-state index contributed by atoms with van der Waals surface area (Å²) in [6.45, 7) is 2.93. The molecule has 0 aliphatic carbocycles. The topological polar surface area (TPSA) is 49.8 Å². The van der Waals surface area contributed by atoms with Crippen LogP contribution in [-0.4, -0.2) is 35.7 Å². The van der Waals surface area contributed by atoms with Crippen LogP contribution in [0.25, 0.3) is 0 Å². The lowest BCUT2D eigenvalue weighted by molar-refractivity contribution is -0.143. The van der Waals surface area contributed by atoms with Crippen molar-refractivity contribution in [3.8, 4) is 5.75 Å². The quantitative estimate of drug-likeness (QED) is 0.532. The fourth-order valence-corrected chi connectivity index (χ4v) is 4.32. The van der Waals surface area contributed by atoms with E-state index in [0.29, 0.717) is 48.9 Å². The van der Waals surface area contributed by atoms with Gasteiger partial charge in [-0.1, -0.05) is 23.2 Å². The number of rotatable bonds is 6. The van der Waals surface area contributed by atoms with Gasteiger partial charge in [-0.15, -0.1) is 0 Å². The van der Waals surface area contributed by atoms with E-state index in [-0.39, 0.29) is 10.6 Å². The fourth-order valence-electron chi connectivity index (χ4n) is 3.92. The highest BCUT2D eigenvalue weighted by molar-refractivity contribution is 6.31. The van der Waals surface area contributed by atoms with Gasteiger partial charge in [0.15, 0.2) is 0 Å². The predicted octanol–water partition coefficient (Wildman–Crippen LogP) is 6.30. The average molecular weight is 476 g/mol. The molecule has 0 bridgehead atoms. The van der Waals surface area contributed by atoms with E-state index in [2.05, 4.69) is 0 Å². The summed E-state index contributed by atoms with van der Waals surface area (Å²) in [5, 5.41) is 9.91. The van der Waals surface area contributed by atoms with Gasteiger partial charge in [0.05, 0.1) is 24.1 Å². The van der Waals surface area contributed by atoms with Crippen molar-refractivity contribution in [3.63, 3.8) is 0 Å². The summed E-state index contributed by atoms with van der Waals surface area (Å²) in [6, 6.07) is 7.55. The van der Waals surface area contributed by atoms with Crippen molar-refractivity contribution in [1.82, 2.24) is 4.90 Å². The largest absolute Gasteiger partial charge is 0.494 e. The normalized spacial score (nSPS) is 16.8. The lowest BCUT2D eigenvalue weighted by Crippen LogP contribution is -2.39. The molecule has 1 atom stereocenters. The van der Waals surface area contributed by atoms with Crippen LogP contribution < -0.4 is 4.74 Å². The van der Waals surface area contributed by atoms with Crippen LogP contribution in [0.2, 0.25) is 10.0 Å². The molecule has 1 unspecified atom stereocenters. The van der Waals surface area contributed by atoms with E-state index in [1.165, 1.54) is 6.07 Å². The van der Waals surface area contributed by atoms with Gasteiger partial charge in [0.1, 0.15) is 5.75 Å². The Balaban J connectivity index is 2.13. The van der Waals surface area contributed by atoms with E-state index in [4.69, 9.17) is 27.9 Å². The Morgan fingerprint density at radius 3 is 2.42 bits per heavy atom. The standard InChI is InChI=1S/C22H22Cl2F3NO3/c1-2-31-19-6-4-15(23)12-17(19)20(28-9-7-13(8-10-28)21(29)30)16-11-14(22(25,26)27)3-5-18(16)24/h3-6,11-13,20H,2,7-10H2,1H3,(H,29,30). The molecule has 2 aromatic carbocycles. The Labute approximate surface area is 188 Å². The highest BCUT2D eigenvalue weighted by atomic mass is 35.5. The molecule has 3 rings (SSSR count). The number of hydrogen-bond acceptors (Lipinski definition) is 3. The summed E-state index contributed by atoms with van der Waals surface area (Å²) in [4.78, 5) is 13.3. The number of nitrogens with zero attached hydrogens (tertiary/aromatic N) is 1. The van der Waals surface area contributed by atoms with Crippen LogP contribution in [0, 0.1) is 5.92 Å². The number of aliphatic carboxylic acids is 1. The molecule has 0 amide bonds. The molecule has 0 saturated carbocycles. The van der Waals surface area contributed by atoms with Crippen molar-refractivity contribution in [2.45, 2.75) is 32.0 Å². The second-order valence-corrected chi connectivity index (χ2v) is 8.24. The maximum absolute atomic E-state index is 13.4. The third kappa shape index (κ3) is 5.45. The van der Waals surface area contributed by atoms with Crippen molar-refractivity contribution in [3.05, 3.63) is 63.1 Å². The summed E-state index contributed by atoms with van der Waals surface area (Å²) in [5.74, 6) is -0.864. The third-order valence-electron chi connectivity index (χ3n) is 5.43. The number of hydrogen-bond donors (Lipinski definition) is 1. The van der Waals surface area contributed by atoms with Gasteiger partial charge < -0.3 is 9.84 Å². The molecule has 1 aliphatic rings. The van der Waals surface area contributed by atoms with E-state index in [1.54, 1.807) is 18.2 Å². The molecule has 2 aromatic rings. The number of piperidine rings is 1. The SMILES string of the molecule is CCOc1ccc(Cl)cc1C(c1cc(C(F)(F)F)ccc1Cl)N1CCC(C(=O)O)CC1. The van der Waals surface area contributed by atoms with Gasteiger partial charge in [-0.05, 0) is 74.8 Å². The molecule has 1 aliphatic heterocycles. The molecule has 31 heavy (non-hydrogen) atoms. The molecule has 1 N–H and O–H groups in total. The molecule has 9 heteroatoms. The lowest BCUT2D eigenvalue weighted by atomic mass is 9.90. The van der Waals surface area contributed by atoms with Gasteiger partial charge in [0.25, 0.3) is 0 Å². The zero-order valence-electron chi connectivity index (χ0n) is 16.8. The van der Waals surface area contributed by atoms with Gasteiger partial charge in [-0.25, -0.2) is 0 Å². The molecule has 1 saturated heterocycles. The maximum Gasteiger partial charge on any atom is 0.416 e. The van der Waals surface area contributed by atoms with Gasteiger partial charge in [-0.2, -0.15) is 13.2 Å². The summed E-state index contributed by atoms with van der Waals surface area (Å²) in [7, 11) is 0. The monoisotopic (exact) mass is 475 g/mol. The van der Waals surface area contributed by atoms with Crippen molar-refractivity contribution in [1.29, 1.82) is 0 Å². The first kappa shape index (κ1) is 23.7. The van der Waals surface area contributed by atoms with Gasteiger partial charge in [-0.3, -0.25) is 9.69 Å². The van der Waals surface area contributed by atoms with Crippen molar-refractivity contribution < 1.29 is 27.8 Å². The van der Waals surface area contributed by atoms with Crippen molar-refractivity contribution in [2.24, 2.45) is 5.92 Å². The van der Waals surface area contributed by atoms with Crippen LogP contribution in [0.1, 0.15) is 42.5 Å². The summed E-state index contributed by atoms with van der Waals surface area (Å²) >= 11 is 12.6. The zero-order valence-corrected chi connectivity index (χ0v) is 18.3. The van der Waals surface area contributed by atoms with E-state index < -0.39 is 29.7 Å². The Kier molecular flexibility index (Phi) is 7.39. The molecule has 0 aromatic heterocycles. The molecule has 0 spiro atoms. The number of ether oxygens (including phenoxy) is 1. The van der Waals surface area contributed by atoms with Crippen LogP contribution in [0.15, 0.2) is 36.4 Å². The highest BCUT2D eigenvalue weighted by Gasteiger charge is 2.36. The van der Waals surface area contributed by atoms with Crippen molar-refractivity contribution >= 4 is 29.2 Å². The Bertz CT molecular complexity index is 944. The van der Waals surface area contributed by atoms with Crippen LogP contribution in [0.5, 0.6) is 5.75 Å². The zero-order chi connectivity index (χ0) is 22.8. The summed E-state index contributed by atoms with van der Waals surface area (Å²) in [5.41, 5.74) is 0.0511. The minimum absolute atomic E-state index is 0.181. The number of alkyl halides is 3. The van der Waals surface area contributed by atoms with Crippen molar-refractivity contribution in [2.75, 3.05) is 19.7 Å². The minimum atomic E-state index is -4.53. The second-order valence-electron chi connectivity index (χ2n) is 7.40. The molecule has 168 valence electrons. The summed E-state index contributed by atoms with van der Waals surface area (Å²) < 4.78 is 46.1. The number of carboxylic acids is 1. The summed E-state index contributed by atoms with van der Waals surface area (Å²) in [6.07, 6.45) is -3.77. The average Bonchev–Trinajstić information content (AvgIpc) is 2.71. The van der Waals surface area contributed by atoms with Crippen LogP contribution in [0.3, 0.4) is 0 Å². The molecule has 0 radical (unpaired) electrons. The maximum atomic E-state index is 13.4. The van der Waals surface area contributed by atoms with Gasteiger partial charge >= 0.3 is 12.1 Å². The van der Waals surface area contributed by atoms with Gasteiger partial charge in [0.2, 0.25) is 0 Å². The van der Waals surface area contributed by atoms with Crippen LogP contribution in [-0.2, 0) is 11.0 Å². The number of carbonyl (C=O) groups is 1. The first-order valence-corrected chi connectivity index (χ1v) is 10.6. The number of halogens is 5. The highest BCUT2D eigenvalue weighted by Crippen LogP contribution is 2.43. The molecule has 4 nitrogen and oxygen atoms in total.